The molecule has 0 unspecified atom stereocenters. The van der Waals surface area contributed by atoms with Crippen LogP contribution in [-0.2, 0) is 26.2 Å². The molecule has 1 atom stereocenters. The highest BCUT2D eigenvalue weighted by atomic mass is 79.9. The number of likely N-dealkylation sites (N-methyl/N-ethyl adjacent to an activating group) is 1. The summed E-state index contributed by atoms with van der Waals surface area (Å²) in [5.41, 5.74) is 2.24. The molecule has 30 heavy (non-hydrogen) atoms. The molecule has 0 saturated heterocycles. The Hall–Kier alpha value is -2.39. The van der Waals surface area contributed by atoms with Crippen molar-refractivity contribution in [2.24, 2.45) is 0 Å². The van der Waals surface area contributed by atoms with E-state index in [0.717, 1.165) is 26.2 Å². The zero-order chi connectivity index (χ0) is 22.5. The van der Waals surface area contributed by atoms with Crippen LogP contribution in [0.15, 0.2) is 53.0 Å². The molecule has 9 heteroatoms. The second-order valence-corrected chi connectivity index (χ2v) is 9.81. The maximum absolute atomic E-state index is 13.2. The Morgan fingerprint density at radius 1 is 1.10 bits per heavy atom. The van der Waals surface area contributed by atoms with Gasteiger partial charge in [0.2, 0.25) is 21.8 Å². The van der Waals surface area contributed by atoms with Crippen molar-refractivity contribution in [2.75, 3.05) is 24.2 Å². The molecule has 1 N–H and O–H groups in total. The molecule has 0 aliphatic carbocycles. The summed E-state index contributed by atoms with van der Waals surface area (Å²) in [6, 6.07) is 13.4. The molecule has 2 rings (SSSR count). The molecule has 0 heterocycles. The first-order valence-corrected chi connectivity index (χ1v) is 12.0. The molecule has 7 nitrogen and oxygen atoms in total. The number of anilines is 1. The van der Waals surface area contributed by atoms with E-state index in [1.807, 2.05) is 31.2 Å². The average Bonchev–Trinajstić information content (AvgIpc) is 2.70. The van der Waals surface area contributed by atoms with E-state index in [0.29, 0.717) is 5.69 Å². The summed E-state index contributed by atoms with van der Waals surface area (Å²) in [7, 11) is -2.22. The van der Waals surface area contributed by atoms with Crippen LogP contribution in [0.4, 0.5) is 5.69 Å². The molecule has 0 aliphatic rings. The second kappa shape index (κ2) is 10.1. The van der Waals surface area contributed by atoms with E-state index < -0.39 is 28.5 Å². The molecule has 0 fully saturated rings. The van der Waals surface area contributed by atoms with Gasteiger partial charge in [-0.05, 0) is 49.2 Å². The van der Waals surface area contributed by atoms with Crippen molar-refractivity contribution < 1.29 is 18.0 Å². The standard InChI is InChI=1S/C21H26BrN3O4S/c1-15-7-5-6-8-17(15)13-24(16(2)21(27)23-3)20(26)14-25(30(4,28)29)19-11-9-18(22)10-12-19/h5-12,16H,13-14H2,1-4H3,(H,23,27)/t16-/m1/s1. The molecular weight excluding hydrogens is 470 g/mol. The fourth-order valence-electron chi connectivity index (χ4n) is 2.98. The summed E-state index contributed by atoms with van der Waals surface area (Å²) in [6.45, 7) is 3.33. The summed E-state index contributed by atoms with van der Waals surface area (Å²) in [4.78, 5) is 26.9. The number of rotatable bonds is 8. The quantitative estimate of drug-likeness (QED) is 0.609. The van der Waals surface area contributed by atoms with Crippen LogP contribution in [0.5, 0.6) is 0 Å². The van der Waals surface area contributed by atoms with Crippen molar-refractivity contribution in [1.29, 1.82) is 0 Å². The Kier molecular flexibility index (Phi) is 8.03. The van der Waals surface area contributed by atoms with E-state index >= 15 is 0 Å². The summed E-state index contributed by atoms with van der Waals surface area (Å²) in [5.74, 6) is -0.797. The van der Waals surface area contributed by atoms with E-state index in [1.165, 1.54) is 11.9 Å². The molecule has 0 spiro atoms. The van der Waals surface area contributed by atoms with E-state index in [2.05, 4.69) is 21.2 Å². The fourth-order valence-corrected chi connectivity index (χ4v) is 4.10. The van der Waals surface area contributed by atoms with Crippen molar-refractivity contribution in [3.05, 3.63) is 64.1 Å². The molecule has 0 bridgehead atoms. The number of carbonyl (C=O) groups is 2. The lowest BCUT2D eigenvalue weighted by molar-refractivity contribution is -0.139. The highest BCUT2D eigenvalue weighted by molar-refractivity contribution is 9.10. The van der Waals surface area contributed by atoms with Crippen molar-refractivity contribution in [1.82, 2.24) is 10.2 Å². The molecule has 0 aliphatic heterocycles. The number of nitrogens with one attached hydrogen (secondary N) is 1. The highest BCUT2D eigenvalue weighted by Crippen LogP contribution is 2.22. The van der Waals surface area contributed by atoms with Gasteiger partial charge >= 0.3 is 0 Å². The molecule has 0 saturated carbocycles. The predicted molar refractivity (Wildman–Crippen MR) is 122 cm³/mol. The van der Waals surface area contributed by atoms with Gasteiger partial charge in [0.05, 0.1) is 11.9 Å². The third-order valence-electron chi connectivity index (χ3n) is 4.81. The minimum atomic E-state index is -3.72. The topological polar surface area (TPSA) is 86.8 Å². The van der Waals surface area contributed by atoms with Gasteiger partial charge in [0, 0.05) is 18.1 Å². The third kappa shape index (κ3) is 6.06. The van der Waals surface area contributed by atoms with Gasteiger partial charge in [0.25, 0.3) is 0 Å². The van der Waals surface area contributed by atoms with E-state index in [9.17, 15) is 18.0 Å². The number of aryl methyl sites for hydroxylation is 1. The van der Waals surface area contributed by atoms with Crippen molar-refractivity contribution >= 4 is 43.5 Å². The van der Waals surface area contributed by atoms with E-state index in [4.69, 9.17) is 0 Å². The Morgan fingerprint density at radius 3 is 2.23 bits per heavy atom. The SMILES string of the molecule is CNC(=O)[C@@H](C)N(Cc1ccccc1C)C(=O)CN(c1ccc(Br)cc1)S(C)(=O)=O. The van der Waals surface area contributed by atoms with Crippen LogP contribution >= 0.6 is 15.9 Å². The Balaban J connectivity index is 2.38. The minimum absolute atomic E-state index is 0.192. The lowest BCUT2D eigenvalue weighted by atomic mass is 10.1. The monoisotopic (exact) mass is 495 g/mol. The lowest BCUT2D eigenvalue weighted by Crippen LogP contribution is -2.50. The normalized spacial score (nSPS) is 12.2. The number of halogens is 1. The van der Waals surface area contributed by atoms with Gasteiger partial charge < -0.3 is 10.2 Å². The Bertz CT molecular complexity index is 1010. The number of benzene rings is 2. The molecule has 0 radical (unpaired) electrons. The number of amides is 2. The molecule has 0 aromatic heterocycles. The second-order valence-electron chi connectivity index (χ2n) is 6.98. The molecule has 162 valence electrons. The number of hydrogen-bond donors (Lipinski definition) is 1. The van der Waals surface area contributed by atoms with Crippen molar-refractivity contribution in [2.45, 2.75) is 26.4 Å². The molecule has 2 aromatic carbocycles. The summed E-state index contributed by atoms with van der Waals surface area (Å²) >= 11 is 3.32. The van der Waals surface area contributed by atoms with Crippen LogP contribution in [0.2, 0.25) is 0 Å². The first-order valence-electron chi connectivity index (χ1n) is 9.33. The van der Waals surface area contributed by atoms with E-state index in [1.54, 1.807) is 31.2 Å². The van der Waals surface area contributed by atoms with Crippen LogP contribution in [0, 0.1) is 6.92 Å². The van der Waals surface area contributed by atoms with Gasteiger partial charge in [-0.2, -0.15) is 0 Å². The molecular formula is C21H26BrN3O4S. The molecule has 2 amide bonds. The van der Waals surface area contributed by atoms with Crippen LogP contribution < -0.4 is 9.62 Å². The zero-order valence-electron chi connectivity index (χ0n) is 17.4. The summed E-state index contributed by atoms with van der Waals surface area (Å²) in [6.07, 6.45) is 1.05. The Labute approximate surface area is 186 Å². The molecule has 2 aromatic rings. The number of sulfonamides is 1. The van der Waals surface area contributed by atoms with Crippen LogP contribution in [0.3, 0.4) is 0 Å². The smallest absolute Gasteiger partial charge is 0.244 e. The zero-order valence-corrected chi connectivity index (χ0v) is 19.8. The fraction of sp³-hybridized carbons (Fsp3) is 0.333. The van der Waals surface area contributed by atoms with E-state index in [-0.39, 0.29) is 12.5 Å². The number of hydrogen-bond acceptors (Lipinski definition) is 4. The number of nitrogens with zero attached hydrogens (tertiary/aromatic N) is 2. The first kappa shape index (κ1) is 23.9. The predicted octanol–water partition coefficient (Wildman–Crippen LogP) is 2.69. The van der Waals surface area contributed by atoms with Gasteiger partial charge in [-0.3, -0.25) is 13.9 Å². The van der Waals surface area contributed by atoms with Crippen LogP contribution in [0.25, 0.3) is 0 Å². The summed E-state index contributed by atoms with van der Waals surface area (Å²) < 4.78 is 26.7. The lowest BCUT2D eigenvalue weighted by Gasteiger charge is -2.31. The van der Waals surface area contributed by atoms with Crippen molar-refractivity contribution in [3.8, 4) is 0 Å². The number of carbonyl (C=O) groups excluding carboxylic acids is 2. The van der Waals surface area contributed by atoms with Gasteiger partial charge in [-0.25, -0.2) is 8.42 Å². The summed E-state index contributed by atoms with van der Waals surface area (Å²) in [5, 5.41) is 2.55. The first-order chi connectivity index (χ1) is 14.0. The van der Waals surface area contributed by atoms with Crippen LogP contribution in [0.1, 0.15) is 18.1 Å². The van der Waals surface area contributed by atoms with Crippen molar-refractivity contribution in [3.63, 3.8) is 0 Å². The maximum Gasteiger partial charge on any atom is 0.244 e. The third-order valence-corrected chi connectivity index (χ3v) is 6.48. The maximum atomic E-state index is 13.2. The van der Waals surface area contributed by atoms with Gasteiger partial charge in [0.1, 0.15) is 12.6 Å². The largest absolute Gasteiger partial charge is 0.357 e. The van der Waals surface area contributed by atoms with Gasteiger partial charge in [-0.1, -0.05) is 40.2 Å². The minimum Gasteiger partial charge on any atom is -0.357 e. The van der Waals surface area contributed by atoms with Crippen LogP contribution in [-0.4, -0.2) is 51.0 Å². The highest BCUT2D eigenvalue weighted by Gasteiger charge is 2.29. The average molecular weight is 496 g/mol. The Morgan fingerprint density at radius 2 is 1.70 bits per heavy atom. The van der Waals surface area contributed by atoms with Gasteiger partial charge in [0.15, 0.2) is 0 Å². The van der Waals surface area contributed by atoms with Gasteiger partial charge in [-0.15, -0.1) is 0 Å².